The van der Waals surface area contributed by atoms with Gasteiger partial charge in [0.25, 0.3) is 0 Å². The second kappa shape index (κ2) is 9.69. The Morgan fingerprint density at radius 1 is 1.30 bits per heavy atom. The van der Waals surface area contributed by atoms with Crippen molar-refractivity contribution in [3.8, 4) is 0 Å². The van der Waals surface area contributed by atoms with Crippen LogP contribution < -0.4 is 5.32 Å². The van der Waals surface area contributed by atoms with Gasteiger partial charge in [0.2, 0.25) is 0 Å². The van der Waals surface area contributed by atoms with Gasteiger partial charge in [0.15, 0.2) is 5.96 Å². The van der Waals surface area contributed by atoms with Gasteiger partial charge < -0.3 is 15.0 Å². The van der Waals surface area contributed by atoms with Crippen LogP contribution in [0.3, 0.4) is 0 Å². The fourth-order valence-corrected chi connectivity index (χ4v) is 3.57. The normalized spacial score (nSPS) is 21.7. The summed E-state index contributed by atoms with van der Waals surface area (Å²) in [5, 5.41) is 3.41. The summed E-state index contributed by atoms with van der Waals surface area (Å²) in [5.74, 6) is 0.996. The first-order chi connectivity index (χ1) is 10.6. The molecule has 1 N–H and O–H groups in total. The molecule has 134 valence electrons. The van der Waals surface area contributed by atoms with E-state index in [0.29, 0.717) is 5.41 Å². The van der Waals surface area contributed by atoms with Gasteiger partial charge in [-0.25, -0.2) is 0 Å². The minimum absolute atomic E-state index is 0. The molecule has 5 nitrogen and oxygen atoms in total. The number of guanidine groups is 1. The molecule has 23 heavy (non-hydrogen) atoms. The molecule has 1 aliphatic carbocycles. The molecule has 0 unspecified atom stereocenters. The molecule has 1 heterocycles. The number of hydrogen-bond acceptors (Lipinski definition) is 3. The first-order valence-corrected chi connectivity index (χ1v) is 8.69. The molecule has 0 radical (unpaired) electrons. The Kier molecular flexibility index (Phi) is 8.64. The van der Waals surface area contributed by atoms with Gasteiger partial charge >= 0.3 is 5.97 Å². The summed E-state index contributed by atoms with van der Waals surface area (Å²) >= 11 is 0. The molecule has 2 aliphatic rings. The SMILES string of the molecule is CCNC(=NCC1(C)CCCC1)N1CCC(C(=O)OC)CC1.I. The molecule has 0 aromatic rings. The summed E-state index contributed by atoms with van der Waals surface area (Å²) in [6.07, 6.45) is 6.98. The highest BCUT2D eigenvalue weighted by atomic mass is 127. The maximum Gasteiger partial charge on any atom is 0.308 e. The van der Waals surface area contributed by atoms with E-state index in [1.165, 1.54) is 32.8 Å². The van der Waals surface area contributed by atoms with Crippen LogP contribution in [0, 0.1) is 11.3 Å². The number of nitrogens with one attached hydrogen (secondary N) is 1. The van der Waals surface area contributed by atoms with Crippen LogP contribution in [-0.2, 0) is 9.53 Å². The molecule has 0 aromatic carbocycles. The van der Waals surface area contributed by atoms with E-state index >= 15 is 0 Å². The smallest absolute Gasteiger partial charge is 0.308 e. The van der Waals surface area contributed by atoms with E-state index in [1.807, 2.05) is 0 Å². The minimum Gasteiger partial charge on any atom is -0.469 e. The van der Waals surface area contributed by atoms with Crippen LogP contribution in [0.5, 0.6) is 0 Å². The highest BCUT2D eigenvalue weighted by molar-refractivity contribution is 14.0. The van der Waals surface area contributed by atoms with Crippen LogP contribution in [0.1, 0.15) is 52.4 Å². The Hall–Kier alpha value is -0.530. The second-order valence-corrected chi connectivity index (χ2v) is 6.97. The third-order valence-corrected chi connectivity index (χ3v) is 5.09. The molecule has 0 atom stereocenters. The molecule has 0 bridgehead atoms. The summed E-state index contributed by atoms with van der Waals surface area (Å²) in [7, 11) is 1.47. The van der Waals surface area contributed by atoms with Crippen LogP contribution in [0.25, 0.3) is 0 Å². The Morgan fingerprint density at radius 3 is 2.43 bits per heavy atom. The third-order valence-electron chi connectivity index (χ3n) is 5.09. The lowest BCUT2D eigenvalue weighted by molar-refractivity contribution is -0.146. The number of rotatable bonds is 4. The predicted octanol–water partition coefficient (Wildman–Crippen LogP) is 3.04. The van der Waals surface area contributed by atoms with Gasteiger partial charge in [-0.2, -0.15) is 0 Å². The molecule has 1 saturated heterocycles. The number of aliphatic imine (C=N–C) groups is 1. The zero-order valence-corrected chi connectivity index (χ0v) is 17.1. The average molecular weight is 437 g/mol. The monoisotopic (exact) mass is 437 g/mol. The van der Waals surface area contributed by atoms with Crippen LogP contribution >= 0.6 is 24.0 Å². The maximum absolute atomic E-state index is 11.6. The molecule has 0 aromatic heterocycles. The van der Waals surface area contributed by atoms with E-state index in [0.717, 1.165) is 45.0 Å². The molecule has 6 heteroatoms. The number of carbonyl (C=O) groups is 1. The Labute approximate surface area is 157 Å². The van der Waals surface area contributed by atoms with E-state index in [2.05, 4.69) is 24.1 Å². The van der Waals surface area contributed by atoms with Gasteiger partial charge in [-0.05, 0) is 38.0 Å². The van der Waals surface area contributed by atoms with Crippen molar-refractivity contribution in [2.45, 2.75) is 52.4 Å². The lowest BCUT2D eigenvalue weighted by atomic mass is 9.89. The van der Waals surface area contributed by atoms with Crippen molar-refractivity contribution in [2.24, 2.45) is 16.3 Å². The average Bonchev–Trinajstić information content (AvgIpc) is 2.98. The van der Waals surface area contributed by atoms with E-state index in [-0.39, 0.29) is 35.9 Å². The van der Waals surface area contributed by atoms with Crippen molar-refractivity contribution in [3.63, 3.8) is 0 Å². The maximum atomic E-state index is 11.6. The number of methoxy groups -OCH3 is 1. The van der Waals surface area contributed by atoms with Crippen LogP contribution in [0.15, 0.2) is 4.99 Å². The van der Waals surface area contributed by atoms with Gasteiger partial charge in [-0.15, -0.1) is 24.0 Å². The zero-order valence-electron chi connectivity index (χ0n) is 14.8. The van der Waals surface area contributed by atoms with Crippen LogP contribution in [0.2, 0.25) is 0 Å². The molecular formula is C17H32IN3O2. The molecule has 1 saturated carbocycles. The van der Waals surface area contributed by atoms with E-state index in [4.69, 9.17) is 9.73 Å². The quantitative estimate of drug-likeness (QED) is 0.318. The largest absolute Gasteiger partial charge is 0.469 e. The van der Waals surface area contributed by atoms with Gasteiger partial charge in [0, 0.05) is 26.2 Å². The number of carbonyl (C=O) groups excluding carboxylic acids is 1. The van der Waals surface area contributed by atoms with Gasteiger partial charge in [-0.1, -0.05) is 19.8 Å². The lowest BCUT2D eigenvalue weighted by Gasteiger charge is -2.33. The second-order valence-electron chi connectivity index (χ2n) is 6.97. The fraction of sp³-hybridized carbons (Fsp3) is 0.882. The molecule has 0 amide bonds. The summed E-state index contributed by atoms with van der Waals surface area (Å²) in [6, 6.07) is 0. The van der Waals surface area contributed by atoms with E-state index in [1.54, 1.807) is 0 Å². The number of hydrogen-bond donors (Lipinski definition) is 1. The molecule has 2 fully saturated rings. The first-order valence-electron chi connectivity index (χ1n) is 8.69. The van der Waals surface area contributed by atoms with E-state index < -0.39 is 0 Å². The van der Waals surface area contributed by atoms with Crippen molar-refractivity contribution in [3.05, 3.63) is 0 Å². The molecular weight excluding hydrogens is 405 g/mol. The van der Waals surface area contributed by atoms with Gasteiger partial charge in [0.1, 0.15) is 0 Å². The lowest BCUT2D eigenvalue weighted by Crippen LogP contribution is -2.47. The van der Waals surface area contributed by atoms with Gasteiger partial charge in [0.05, 0.1) is 13.0 Å². The predicted molar refractivity (Wildman–Crippen MR) is 104 cm³/mol. The van der Waals surface area contributed by atoms with Crippen molar-refractivity contribution in [1.82, 2.24) is 10.2 Å². The van der Waals surface area contributed by atoms with Crippen molar-refractivity contribution in [2.75, 3.05) is 33.3 Å². The number of nitrogens with zero attached hydrogens (tertiary/aromatic N) is 2. The summed E-state index contributed by atoms with van der Waals surface area (Å²) < 4.78 is 4.86. The number of esters is 1. The standard InChI is InChI=1S/C17H31N3O2.HI/c1-4-18-16(19-13-17(2)9-5-6-10-17)20-11-7-14(8-12-20)15(21)22-3;/h14H,4-13H2,1-3H3,(H,18,19);1H. The summed E-state index contributed by atoms with van der Waals surface area (Å²) in [6.45, 7) is 8.01. The highest BCUT2D eigenvalue weighted by Crippen LogP contribution is 2.37. The minimum atomic E-state index is -0.0694. The number of ether oxygens (including phenoxy) is 1. The van der Waals surface area contributed by atoms with Crippen molar-refractivity contribution < 1.29 is 9.53 Å². The van der Waals surface area contributed by atoms with Gasteiger partial charge in [-0.3, -0.25) is 9.79 Å². The molecule has 0 spiro atoms. The molecule has 2 rings (SSSR count). The van der Waals surface area contributed by atoms with E-state index in [9.17, 15) is 4.79 Å². The third kappa shape index (κ3) is 5.80. The highest BCUT2D eigenvalue weighted by Gasteiger charge is 2.30. The Bertz CT molecular complexity index is 401. The fourth-order valence-electron chi connectivity index (χ4n) is 3.57. The Balaban J connectivity index is 0.00000264. The summed E-state index contributed by atoms with van der Waals surface area (Å²) in [5.41, 5.74) is 0.380. The first kappa shape index (κ1) is 20.5. The van der Waals surface area contributed by atoms with Crippen LogP contribution in [0.4, 0.5) is 0 Å². The zero-order chi connectivity index (χ0) is 16.0. The van der Waals surface area contributed by atoms with Crippen LogP contribution in [-0.4, -0.2) is 50.1 Å². The topological polar surface area (TPSA) is 53.9 Å². The number of likely N-dealkylation sites (tertiary alicyclic amines) is 1. The molecule has 1 aliphatic heterocycles. The number of halogens is 1. The summed E-state index contributed by atoms with van der Waals surface area (Å²) in [4.78, 5) is 18.8. The van der Waals surface area contributed by atoms with Crippen molar-refractivity contribution in [1.29, 1.82) is 0 Å². The number of piperidine rings is 1. The van der Waals surface area contributed by atoms with Crippen molar-refractivity contribution >= 4 is 35.9 Å². The Morgan fingerprint density at radius 2 is 1.91 bits per heavy atom.